The average Bonchev–Trinajstić information content (AvgIpc) is 3.03. The minimum atomic E-state index is -0.366. The number of halogens is 1. The van der Waals surface area contributed by atoms with Gasteiger partial charge in [-0.05, 0) is 37.1 Å². The number of piperidine rings is 1. The molecule has 5 nitrogen and oxygen atoms in total. The first kappa shape index (κ1) is 20.3. The van der Waals surface area contributed by atoms with E-state index in [9.17, 15) is 9.59 Å². The molecule has 148 valence electrons. The summed E-state index contributed by atoms with van der Waals surface area (Å²) in [6.45, 7) is 8.01. The second-order valence-corrected chi connectivity index (χ2v) is 10.0. The van der Waals surface area contributed by atoms with Crippen LogP contribution in [0.2, 0.25) is 5.02 Å². The number of carbonyl (C=O) groups excluding carboxylic acids is 2. The molecule has 0 bridgehead atoms. The van der Waals surface area contributed by atoms with Gasteiger partial charge < -0.3 is 14.5 Å². The predicted molar refractivity (Wildman–Crippen MR) is 109 cm³/mol. The number of nitrogens with zero attached hydrogens (tertiary/aromatic N) is 2. The monoisotopic (exact) mass is 410 g/mol. The highest BCUT2D eigenvalue weighted by Gasteiger charge is 2.47. The molecule has 1 spiro atoms. The summed E-state index contributed by atoms with van der Waals surface area (Å²) >= 11 is 7.72. The molecule has 1 aromatic carbocycles. The van der Waals surface area contributed by atoms with Crippen LogP contribution >= 0.6 is 23.4 Å². The summed E-state index contributed by atoms with van der Waals surface area (Å²) in [6.07, 6.45) is 1.62. The van der Waals surface area contributed by atoms with Crippen LogP contribution in [-0.4, -0.2) is 58.5 Å². The molecule has 2 aliphatic rings. The lowest BCUT2D eigenvalue weighted by Gasteiger charge is -2.45. The van der Waals surface area contributed by atoms with Crippen LogP contribution in [0.3, 0.4) is 0 Å². The smallest absolute Gasteiger partial charge is 0.261 e. The number of hydrogen-bond acceptors (Lipinski definition) is 4. The van der Waals surface area contributed by atoms with Gasteiger partial charge in [-0.3, -0.25) is 9.59 Å². The van der Waals surface area contributed by atoms with Crippen LogP contribution in [0, 0.1) is 5.41 Å². The van der Waals surface area contributed by atoms with Crippen molar-refractivity contribution >= 4 is 35.2 Å². The summed E-state index contributed by atoms with van der Waals surface area (Å²) in [4.78, 5) is 29.1. The minimum absolute atomic E-state index is 0.00514. The highest BCUT2D eigenvalue weighted by Crippen LogP contribution is 2.44. The lowest BCUT2D eigenvalue weighted by atomic mass is 9.92. The van der Waals surface area contributed by atoms with E-state index in [1.54, 1.807) is 24.3 Å². The third-order valence-corrected chi connectivity index (χ3v) is 6.93. The molecule has 2 amide bonds. The van der Waals surface area contributed by atoms with Crippen molar-refractivity contribution < 1.29 is 14.3 Å². The van der Waals surface area contributed by atoms with Crippen LogP contribution in [0.15, 0.2) is 24.3 Å². The van der Waals surface area contributed by atoms with E-state index in [1.807, 2.05) is 42.3 Å². The van der Waals surface area contributed by atoms with E-state index in [4.69, 9.17) is 16.3 Å². The van der Waals surface area contributed by atoms with E-state index in [2.05, 4.69) is 0 Å². The molecule has 0 aromatic heterocycles. The van der Waals surface area contributed by atoms with E-state index in [0.29, 0.717) is 23.9 Å². The Bertz CT molecular complexity index is 694. The Labute approximate surface area is 170 Å². The van der Waals surface area contributed by atoms with E-state index < -0.39 is 0 Å². The Morgan fingerprint density at radius 3 is 2.37 bits per heavy atom. The third-order valence-electron chi connectivity index (χ3n) is 5.13. The van der Waals surface area contributed by atoms with Gasteiger partial charge in [0, 0.05) is 35.8 Å². The number of likely N-dealkylation sites (tertiary alicyclic amines) is 1. The van der Waals surface area contributed by atoms with Gasteiger partial charge in [0.05, 0.1) is 4.87 Å². The SMILES string of the molecule is CC(C)(C)C(=O)N1CCC2(CC1)SCCN2C(=O)COc1ccc(Cl)cc1. The number of carbonyl (C=O) groups is 2. The van der Waals surface area contributed by atoms with Crippen LogP contribution in [-0.2, 0) is 9.59 Å². The second-order valence-electron chi connectivity index (χ2n) is 8.12. The van der Waals surface area contributed by atoms with E-state index in [0.717, 1.165) is 25.1 Å². The summed E-state index contributed by atoms with van der Waals surface area (Å²) in [7, 11) is 0. The first-order valence-electron chi connectivity index (χ1n) is 9.33. The standard InChI is InChI=1S/C20H27ClN2O3S/c1-19(2,3)18(25)22-10-8-20(9-11-22)23(12-13-27-20)17(24)14-26-16-6-4-15(21)5-7-16/h4-7H,8-14H2,1-3H3. The molecular weight excluding hydrogens is 384 g/mol. The van der Waals surface area contributed by atoms with Gasteiger partial charge in [-0.15, -0.1) is 11.8 Å². The van der Waals surface area contributed by atoms with E-state index in [-0.39, 0.29) is 28.7 Å². The molecule has 2 fully saturated rings. The Hall–Kier alpha value is -1.40. The van der Waals surface area contributed by atoms with E-state index >= 15 is 0 Å². The molecular formula is C20H27ClN2O3S. The molecule has 0 aliphatic carbocycles. The highest BCUT2D eigenvalue weighted by molar-refractivity contribution is 8.00. The Morgan fingerprint density at radius 2 is 1.78 bits per heavy atom. The molecule has 7 heteroatoms. The molecule has 0 saturated carbocycles. The number of rotatable bonds is 3. The lowest BCUT2D eigenvalue weighted by Crippen LogP contribution is -2.55. The molecule has 27 heavy (non-hydrogen) atoms. The van der Waals surface area contributed by atoms with Crippen molar-refractivity contribution in [2.75, 3.05) is 32.0 Å². The fraction of sp³-hybridized carbons (Fsp3) is 0.600. The molecule has 3 rings (SSSR count). The fourth-order valence-corrected chi connectivity index (χ4v) is 5.26. The number of ether oxygens (including phenoxy) is 1. The summed E-state index contributed by atoms with van der Waals surface area (Å²) in [6, 6.07) is 7.02. The van der Waals surface area contributed by atoms with Gasteiger partial charge in [0.15, 0.2) is 6.61 Å². The topological polar surface area (TPSA) is 49.9 Å². The Kier molecular flexibility index (Phi) is 5.96. The maximum Gasteiger partial charge on any atom is 0.261 e. The van der Waals surface area contributed by atoms with Gasteiger partial charge in [-0.1, -0.05) is 32.4 Å². The second kappa shape index (κ2) is 7.92. The quantitative estimate of drug-likeness (QED) is 0.763. The zero-order valence-electron chi connectivity index (χ0n) is 16.2. The maximum absolute atomic E-state index is 12.8. The van der Waals surface area contributed by atoms with Crippen molar-refractivity contribution in [3.63, 3.8) is 0 Å². The molecule has 0 atom stereocenters. The maximum atomic E-state index is 12.8. The summed E-state index contributed by atoms with van der Waals surface area (Å²) in [5, 5.41) is 0.639. The van der Waals surface area contributed by atoms with Gasteiger partial charge in [0.2, 0.25) is 5.91 Å². The van der Waals surface area contributed by atoms with Crippen LogP contribution in [0.25, 0.3) is 0 Å². The van der Waals surface area contributed by atoms with Crippen molar-refractivity contribution in [3.05, 3.63) is 29.3 Å². The van der Waals surface area contributed by atoms with Crippen molar-refractivity contribution in [1.82, 2.24) is 9.80 Å². The minimum Gasteiger partial charge on any atom is -0.484 e. The summed E-state index contributed by atoms with van der Waals surface area (Å²) in [5.74, 6) is 1.76. The summed E-state index contributed by atoms with van der Waals surface area (Å²) in [5.41, 5.74) is -0.366. The van der Waals surface area contributed by atoms with Crippen molar-refractivity contribution in [2.45, 2.75) is 38.5 Å². The normalized spacial score (nSPS) is 19.4. The van der Waals surface area contributed by atoms with Gasteiger partial charge in [-0.25, -0.2) is 0 Å². The molecule has 1 aromatic rings. The number of benzene rings is 1. The number of amides is 2. The van der Waals surface area contributed by atoms with Crippen LogP contribution in [0.5, 0.6) is 5.75 Å². The third kappa shape index (κ3) is 4.54. The van der Waals surface area contributed by atoms with Crippen LogP contribution < -0.4 is 4.74 Å². The molecule has 0 unspecified atom stereocenters. The first-order valence-corrected chi connectivity index (χ1v) is 10.7. The summed E-state index contributed by atoms with van der Waals surface area (Å²) < 4.78 is 5.65. The fourth-order valence-electron chi connectivity index (χ4n) is 3.66. The molecule has 0 radical (unpaired) electrons. The van der Waals surface area contributed by atoms with Gasteiger partial charge in [0.25, 0.3) is 5.91 Å². The first-order chi connectivity index (χ1) is 12.7. The average molecular weight is 411 g/mol. The molecule has 2 heterocycles. The molecule has 2 saturated heterocycles. The number of thioether (sulfide) groups is 1. The zero-order valence-corrected chi connectivity index (χ0v) is 17.7. The largest absolute Gasteiger partial charge is 0.484 e. The lowest BCUT2D eigenvalue weighted by molar-refractivity contribution is -0.143. The molecule has 2 aliphatic heterocycles. The zero-order chi connectivity index (χ0) is 19.7. The Balaban J connectivity index is 1.59. The van der Waals surface area contributed by atoms with Gasteiger partial charge in [-0.2, -0.15) is 0 Å². The van der Waals surface area contributed by atoms with Crippen molar-refractivity contribution in [2.24, 2.45) is 5.41 Å². The number of hydrogen-bond donors (Lipinski definition) is 0. The molecule has 0 N–H and O–H groups in total. The van der Waals surface area contributed by atoms with E-state index in [1.165, 1.54) is 0 Å². The van der Waals surface area contributed by atoms with Crippen molar-refractivity contribution in [1.29, 1.82) is 0 Å². The van der Waals surface area contributed by atoms with Crippen molar-refractivity contribution in [3.8, 4) is 5.75 Å². The Morgan fingerprint density at radius 1 is 1.15 bits per heavy atom. The predicted octanol–water partition coefficient (Wildman–Crippen LogP) is 3.66. The van der Waals surface area contributed by atoms with Crippen LogP contribution in [0.4, 0.5) is 0 Å². The van der Waals surface area contributed by atoms with Gasteiger partial charge in [0.1, 0.15) is 5.75 Å². The highest BCUT2D eigenvalue weighted by atomic mass is 35.5. The van der Waals surface area contributed by atoms with Gasteiger partial charge >= 0.3 is 0 Å². The van der Waals surface area contributed by atoms with Crippen LogP contribution in [0.1, 0.15) is 33.6 Å².